The molecule has 0 radical (unpaired) electrons. The van der Waals surface area contributed by atoms with E-state index in [0.717, 1.165) is 15.6 Å². The molecule has 0 aromatic heterocycles. The summed E-state index contributed by atoms with van der Waals surface area (Å²) >= 11 is 3.39. The van der Waals surface area contributed by atoms with Crippen molar-refractivity contribution in [3.8, 4) is 0 Å². The minimum atomic E-state index is 0.0750. The summed E-state index contributed by atoms with van der Waals surface area (Å²) in [4.78, 5) is 13.6. The highest BCUT2D eigenvalue weighted by Crippen LogP contribution is 2.25. The summed E-state index contributed by atoms with van der Waals surface area (Å²) in [5, 5.41) is 8.73. The third kappa shape index (κ3) is 2.06. The molecule has 0 spiro atoms. The molecule has 15 heavy (non-hydrogen) atoms. The van der Waals surface area contributed by atoms with E-state index in [1.807, 2.05) is 18.2 Å². The predicted molar refractivity (Wildman–Crippen MR) is 60.6 cm³/mol. The van der Waals surface area contributed by atoms with Crippen LogP contribution in [0.15, 0.2) is 22.7 Å². The van der Waals surface area contributed by atoms with Crippen molar-refractivity contribution < 1.29 is 9.90 Å². The number of fused-ring (bicyclic) bond motifs is 1. The van der Waals surface area contributed by atoms with Crippen LogP contribution in [-0.2, 0) is 6.54 Å². The third-order valence-corrected chi connectivity index (χ3v) is 3.03. The molecule has 1 aromatic carbocycles. The number of amides is 1. The molecule has 1 aliphatic heterocycles. The van der Waals surface area contributed by atoms with Gasteiger partial charge in [0.2, 0.25) is 0 Å². The molecule has 0 unspecified atom stereocenters. The molecular formula is C11H12BrNO2. The Morgan fingerprint density at radius 3 is 3.00 bits per heavy atom. The summed E-state index contributed by atoms with van der Waals surface area (Å²) in [5.74, 6) is 0.0750. The van der Waals surface area contributed by atoms with Gasteiger partial charge in [0.05, 0.1) is 0 Å². The molecule has 4 heteroatoms. The van der Waals surface area contributed by atoms with Gasteiger partial charge in [-0.3, -0.25) is 4.79 Å². The van der Waals surface area contributed by atoms with Crippen LogP contribution in [0.4, 0.5) is 0 Å². The molecule has 0 fully saturated rings. The minimum Gasteiger partial charge on any atom is -0.396 e. The van der Waals surface area contributed by atoms with Gasteiger partial charge >= 0.3 is 0 Å². The molecule has 0 saturated heterocycles. The van der Waals surface area contributed by atoms with Crippen molar-refractivity contribution in [2.75, 3.05) is 13.2 Å². The van der Waals surface area contributed by atoms with E-state index in [9.17, 15) is 4.79 Å². The fourth-order valence-corrected chi connectivity index (χ4v) is 2.20. The zero-order chi connectivity index (χ0) is 10.8. The number of aliphatic hydroxyl groups is 1. The van der Waals surface area contributed by atoms with E-state index in [4.69, 9.17) is 5.11 Å². The van der Waals surface area contributed by atoms with Gasteiger partial charge in [-0.1, -0.05) is 15.9 Å². The second-order valence-corrected chi connectivity index (χ2v) is 4.52. The summed E-state index contributed by atoms with van der Waals surface area (Å²) in [5.41, 5.74) is 1.85. The molecule has 0 saturated carbocycles. The molecule has 1 aromatic rings. The van der Waals surface area contributed by atoms with Crippen molar-refractivity contribution in [3.63, 3.8) is 0 Å². The Hall–Kier alpha value is -0.870. The highest BCUT2D eigenvalue weighted by Gasteiger charge is 2.26. The smallest absolute Gasteiger partial charge is 0.254 e. The highest BCUT2D eigenvalue weighted by atomic mass is 79.9. The molecule has 0 bridgehead atoms. The van der Waals surface area contributed by atoms with Crippen molar-refractivity contribution in [3.05, 3.63) is 33.8 Å². The van der Waals surface area contributed by atoms with Crippen LogP contribution in [-0.4, -0.2) is 29.1 Å². The first-order valence-electron chi connectivity index (χ1n) is 4.91. The normalized spacial score (nSPS) is 14.5. The van der Waals surface area contributed by atoms with Crippen LogP contribution in [0.3, 0.4) is 0 Å². The number of carbonyl (C=O) groups excluding carboxylic acids is 1. The van der Waals surface area contributed by atoms with Crippen molar-refractivity contribution >= 4 is 21.8 Å². The number of benzene rings is 1. The number of hydrogen-bond acceptors (Lipinski definition) is 2. The summed E-state index contributed by atoms with van der Waals surface area (Å²) in [7, 11) is 0. The average molecular weight is 270 g/mol. The van der Waals surface area contributed by atoms with Crippen LogP contribution >= 0.6 is 15.9 Å². The van der Waals surface area contributed by atoms with Gasteiger partial charge < -0.3 is 10.0 Å². The maximum absolute atomic E-state index is 11.8. The second kappa shape index (κ2) is 4.33. The predicted octanol–water partition coefficient (Wildman–Crippen LogP) is 1.79. The van der Waals surface area contributed by atoms with E-state index in [1.54, 1.807) is 4.90 Å². The zero-order valence-electron chi connectivity index (χ0n) is 8.24. The van der Waals surface area contributed by atoms with Crippen LogP contribution in [0.2, 0.25) is 0 Å². The molecule has 1 amide bonds. The Bertz CT molecular complexity index is 392. The fraction of sp³-hybridized carbons (Fsp3) is 0.364. The number of rotatable bonds is 3. The van der Waals surface area contributed by atoms with Crippen LogP contribution in [0.1, 0.15) is 22.3 Å². The maximum atomic E-state index is 11.8. The lowest BCUT2D eigenvalue weighted by molar-refractivity contribution is 0.0768. The molecule has 80 valence electrons. The van der Waals surface area contributed by atoms with Gasteiger partial charge in [-0.2, -0.15) is 0 Å². The molecule has 1 N–H and O–H groups in total. The molecular weight excluding hydrogens is 258 g/mol. The molecule has 2 rings (SSSR count). The van der Waals surface area contributed by atoms with Crippen molar-refractivity contribution in [2.45, 2.75) is 13.0 Å². The maximum Gasteiger partial charge on any atom is 0.254 e. The molecule has 1 heterocycles. The topological polar surface area (TPSA) is 40.5 Å². The fourth-order valence-electron chi connectivity index (χ4n) is 1.79. The third-order valence-electron chi connectivity index (χ3n) is 2.53. The second-order valence-electron chi connectivity index (χ2n) is 3.61. The van der Waals surface area contributed by atoms with Gasteiger partial charge in [0.1, 0.15) is 0 Å². The van der Waals surface area contributed by atoms with Gasteiger partial charge in [-0.05, 0) is 30.2 Å². The summed E-state index contributed by atoms with van der Waals surface area (Å²) in [6.07, 6.45) is 0.640. The first-order valence-corrected chi connectivity index (χ1v) is 5.70. The van der Waals surface area contributed by atoms with Crippen LogP contribution in [0.5, 0.6) is 0 Å². The first-order chi connectivity index (χ1) is 7.22. The number of aliphatic hydroxyl groups excluding tert-OH is 1. The van der Waals surface area contributed by atoms with E-state index >= 15 is 0 Å². The van der Waals surface area contributed by atoms with Crippen LogP contribution < -0.4 is 0 Å². The standard InChI is InChI=1S/C11H12BrNO2/c12-9-2-3-10-8(6-9)7-13(11(10)15)4-1-5-14/h2-3,6,14H,1,4-5,7H2. The number of carbonyl (C=O) groups is 1. The van der Waals surface area contributed by atoms with Crippen molar-refractivity contribution in [2.24, 2.45) is 0 Å². The van der Waals surface area contributed by atoms with Gasteiger partial charge in [-0.15, -0.1) is 0 Å². The SMILES string of the molecule is O=C1c2ccc(Br)cc2CN1CCCO. The van der Waals surface area contributed by atoms with E-state index in [0.29, 0.717) is 19.5 Å². The van der Waals surface area contributed by atoms with E-state index < -0.39 is 0 Å². The largest absolute Gasteiger partial charge is 0.396 e. The van der Waals surface area contributed by atoms with E-state index in [-0.39, 0.29) is 12.5 Å². The van der Waals surface area contributed by atoms with Gasteiger partial charge in [0.25, 0.3) is 5.91 Å². The Morgan fingerprint density at radius 2 is 2.27 bits per heavy atom. The van der Waals surface area contributed by atoms with Crippen molar-refractivity contribution in [1.29, 1.82) is 0 Å². The lowest BCUT2D eigenvalue weighted by atomic mass is 10.1. The summed E-state index contributed by atoms with van der Waals surface area (Å²) < 4.78 is 0.998. The molecule has 3 nitrogen and oxygen atoms in total. The minimum absolute atomic E-state index is 0.0750. The Morgan fingerprint density at radius 1 is 1.47 bits per heavy atom. The van der Waals surface area contributed by atoms with E-state index in [1.165, 1.54) is 0 Å². The molecule has 1 aliphatic rings. The van der Waals surface area contributed by atoms with Gasteiger partial charge in [0, 0.05) is 29.7 Å². The average Bonchev–Trinajstić information content (AvgIpc) is 2.52. The Kier molecular flexibility index (Phi) is 3.07. The number of hydrogen-bond donors (Lipinski definition) is 1. The quantitative estimate of drug-likeness (QED) is 0.909. The van der Waals surface area contributed by atoms with Crippen molar-refractivity contribution in [1.82, 2.24) is 4.90 Å². The first kappa shape index (κ1) is 10.6. The zero-order valence-corrected chi connectivity index (χ0v) is 9.83. The van der Waals surface area contributed by atoms with Crippen LogP contribution in [0.25, 0.3) is 0 Å². The number of nitrogens with zero attached hydrogens (tertiary/aromatic N) is 1. The monoisotopic (exact) mass is 269 g/mol. The van der Waals surface area contributed by atoms with Crippen LogP contribution in [0, 0.1) is 0 Å². The van der Waals surface area contributed by atoms with Gasteiger partial charge in [-0.25, -0.2) is 0 Å². The summed E-state index contributed by atoms with van der Waals surface area (Å²) in [6, 6.07) is 5.71. The Labute approximate surface area is 96.8 Å². The molecule has 0 aliphatic carbocycles. The lowest BCUT2D eigenvalue weighted by Crippen LogP contribution is -2.25. The Balaban J connectivity index is 2.18. The number of halogens is 1. The highest BCUT2D eigenvalue weighted by molar-refractivity contribution is 9.10. The summed E-state index contributed by atoms with van der Waals surface area (Å²) in [6.45, 7) is 1.42. The lowest BCUT2D eigenvalue weighted by Gasteiger charge is -2.13. The van der Waals surface area contributed by atoms with E-state index in [2.05, 4.69) is 15.9 Å². The van der Waals surface area contributed by atoms with Gasteiger partial charge in [0.15, 0.2) is 0 Å². The molecule has 0 atom stereocenters.